The van der Waals surface area contributed by atoms with E-state index in [0.717, 1.165) is 0 Å². The number of halogens is 3. The lowest BCUT2D eigenvalue weighted by Gasteiger charge is -2.15. The molecule has 0 fully saturated rings. The summed E-state index contributed by atoms with van der Waals surface area (Å²) in [6, 6.07) is 0. The molecular weight excluding hydrogens is 247 g/mol. The number of ether oxygens (including phenoxy) is 1. The van der Waals surface area contributed by atoms with Crippen LogP contribution in [-0.2, 0) is 14.8 Å². The highest BCUT2D eigenvalue weighted by Crippen LogP contribution is 2.16. The van der Waals surface area contributed by atoms with Gasteiger partial charge in [0.05, 0.1) is 12.4 Å². The van der Waals surface area contributed by atoms with Gasteiger partial charge in [0, 0.05) is 0 Å². The van der Waals surface area contributed by atoms with Crippen LogP contribution < -0.4 is 5.14 Å². The van der Waals surface area contributed by atoms with E-state index in [9.17, 15) is 21.6 Å². The van der Waals surface area contributed by atoms with Gasteiger partial charge in [0.1, 0.15) is 6.61 Å². The molecule has 4 nitrogen and oxygen atoms in total. The summed E-state index contributed by atoms with van der Waals surface area (Å²) in [5, 5.41) is 4.82. The topological polar surface area (TPSA) is 69.4 Å². The molecule has 16 heavy (non-hydrogen) atoms. The fraction of sp³-hybridized carbons (Fsp3) is 1.00. The largest absolute Gasteiger partial charge is 0.411 e. The van der Waals surface area contributed by atoms with Crippen molar-refractivity contribution >= 4 is 10.0 Å². The van der Waals surface area contributed by atoms with Crippen molar-refractivity contribution in [3.63, 3.8) is 0 Å². The van der Waals surface area contributed by atoms with Crippen molar-refractivity contribution in [2.45, 2.75) is 25.9 Å². The van der Waals surface area contributed by atoms with Gasteiger partial charge in [-0.1, -0.05) is 13.3 Å². The normalized spacial score (nSPS) is 15.1. The first-order valence-electron chi connectivity index (χ1n) is 4.79. The molecule has 0 spiro atoms. The second kappa shape index (κ2) is 6.41. The van der Waals surface area contributed by atoms with Gasteiger partial charge in [0.25, 0.3) is 0 Å². The average molecular weight is 263 g/mol. The van der Waals surface area contributed by atoms with E-state index in [1.807, 2.05) is 0 Å². The molecule has 0 heterocycles. The van der Waals surface area contributed by atoms with Crippen LogP contribution in [0.1, 0.15) is 19.8 Å². The first kappa shape index (κ1) is 15.7. The van der Waals surface area contributed by atoms with Gasteiger partial charge < -0.3 is 4.74 Å². The molecule has 0 saturated carbocycles. The van der Waals surface area contributed by atoms with Gasteiger partial charge in [-0.25, -0.2) is 13.6 Å². The third kappa shape index (κ3) is 10.2. The van der Waals surface area contributed by atoms with Crippen LogP contribution in [0.5, 0.6) is 0 Å². The minimum Gasteiger partial charge on any atom is -0.372 e. The summed E-state index contributed by atoms with van der Waals surface area (Å²) in [6.07, 6.45) is -3.26. The molecule has 0 radical (unpaired) electrons. The molecule has 0 aliphatic heterocycles. The summed E-state index contributed by atoms with van der Waals surface area (Å²) in [5.74, 6) is -0.832. The third-order valence-corrected chi connectivity index (χ3v) is 2.72. The Morgan fingerprint density at radius 1 is 1.38 bits per heavy atom. The van der Waals surface area contributed by atoms with E-state index in [2.05, 4.69) is 4.74 Å². The Labute approximate surface area is 93.0 Å². The zero-order valence-corrected chi connectivity index (χ0v) is 9.77. The molecule has 8 heteroatoms. The predicted molar refractivity (Wildman–Crippen MR) is 53.2 cm³/mol. The maximum Gasteiger partial charge on any atom is 0.411 e. The molecule has 0 rings (SSSR count). The number of rotatable bonds is 7. The van der Waals surface area contributed by atoms with Crippen molar-refractivity contribution in [3.05, 3.63) is 0 Å². The average Bonchev–Trinajstić information content (AvgIpc) is 1.98. The van der Waals surface area contributed by atoms with Crippen LogP contribution in [0, 0.1) is 5.92 Å². The number of hydrogen-bond acceptors (Lipinski definition) is 3. The molecule has 0 aliphatic carbocycles. The second-order valence-corrected chi connectivity index (χ2v) is 5.27. The predicted octanol–water partition coefficient (Wildman–Crippen LogP) is 1.27. The molecule has 98 valence electrons. The van der Waals surface area contributed by atoms with Crippen LogP contribution in [0.3, 0.4) is 0 Å². The molecule has 0 aromatic heterocycles. The van der Waals surface area contributed by atoms with Crippen LogP contribution in [0.2, 0.25) is 0 Å². The maximum atomic E-state index is 11.8. The van der Waals surface area contributed by atoms with Gasteiger partial charge in [-0.2, -0.15) is 13.2 Å². The molecule has 1 atom stereocenters. The molecule has 0 aliphatic rings. The highest BCUT2D eigenvalue weighted by molar-refractivity contribution is 7.89. The fourth-order valence-corrected chi connectivity index (χ4v) is 2.21. The Balaban J connectivity index is 4.05. The quantitative estimate of drug-likeness (QED) is 0.752. The molecule has 0 amide bonds. The van der Waals surface area contributed by atoms with E-state index in [1.165, 1.54) is 0 Å². The Morgan fingerprint density at radius 3 is 2.31 bits per heavy atom. The zero-order chi connectivity index (χ0) is 12.8. The molecular formula is C8H16F3NO3S. The Bertz CT molecular complexity index is 289. The fourth-order valence-electron chi connectivity index (χ4n) is 1.29. The lowest BCUT2D eigenvalue weighted by Crippen LogP contribution is -2.27. The second-order valence-electron chi connectivity index (χ2n) is 3.61. The van der Waals surface area contributed by atoms with Gasteiger partial charge in [-0.15, -0.1) is 0 Å². The van der Waals surface area contributed by atoms with Gasteiger partial charge >= 0.3 is 6.18 Å². The third-order valence-electron chi connectivity index (χ3n) is 1.78. The zero-order valence-electron chi connectivity index (χ0n) is 8.96. The SMILES string of the molecule is CCCC(COCC(F)(F)F)CS(N)(=O)=O. The Hall–Kier alpha value is -0.340. The van der Waals surface area contributed by atoms with E-state index in [-0.39, 0.29) is 12.4 Å². The van der Waals surface area contributed by atoms with Gasteiger partial charge in [0.2, 0.25) is 10.0 Å². The van der Waals surface area contributed by atoms with E-state index < -0.39 is 28.7 Å². The summed E-state index contributed by atoms with van der Waals surface area (Å²) in [6.45, 7) is 0.196. The highest BCUT2D eigenvalue weighted by Gasteiger charge is 2.28. The van der Waals surface area contributed by atoms with E-state index >= 15 is 0 Å². The van der Waals surface area contributed by atoms with Crippen molar-refractivity contribution in [2.75, 3.05) is 19.0 Å². The number of hydrogen-bond donors (Lipinski definition) is 1. The molecule has 0 aromatic rings. The van der Waals surface area contributed by atoms with Crippen LogP contribution in [-0.4, -0.2) is 33.6 Å². The lowest BCUT2D eigenvalue weighted by atomic mass is 10.1. The summed E-state index contributed by atoms with van der Waals surface area (Å²) < 4.78 is 61.3. The van der Waals surface area contributed by atoms with Gasteiger partial charge in [0.15, 0.2) is 0 Å². The highest BCUT2D eigenvalue weighted by atomic mass is 32.2. The van der Waals surface area contributed by atoms with E-state index in [0.29, 0.717) is 12.8 Å². The first-order chi connectivity index (χ1) is 7.14. The Morgan fingerprint density at radius 2 is 1.94 bits per heavy atom. The van der Waals surface area contributed by atoms with Crippen molar-refractivity contribution < 1.29 is 26.3 Å². The van der Waals surface area contributed by atoms with Gasteiger partial charge in [-0.05, 0) is 12.3 Å². The van der Waals surface area contributed by atoms with Crippen LogP contribution >= 0.6 is 0 Å². The molecule has 1 unspecified atom stereocenters. The molecule has 0 bridgehead atoms. The minimum atomic E-state index is -4.39. The minimum absolute atomic E-state index is 0.246. The molecule has 0 aromatic carbocycles. The van der Waals surface area contributed by atoms with Crippen molar-refractivity contribution in [2.24, 2.45) is 11.1 Å². The summed E-state index contributed by atoms with van der Waals surface area (Å²) in [5.41, 5.74) is 0. The van der Waals surface area contributed by atoms with E-state index in [1.54, 1.807) is 6.92 Å². The number of primary sulfonamides is 1. The maximum absolute atomic E-state index is 11.8. The summed E-state index contributed by atoms with van der Waals surface area (Å²) in [7, 11) is -3.67. The van der Waals surface area contributed by atoms with Crippen LogP contribution in [0.25, 0.3) is 0 Å². The Kier molecular flexibility index (Phi) is 6.27. The monoisotopic (exact) mass is 263 g/mol. The number of sulfonamides is 1. The smallest absolute Gasteiger partial charge is 0.372 e. The number of nitrogens with two attached hydrogens (primary N) is 1. The van der Waals surface area contributed by atoms with E-state index in [4.69, 9.17) is 5.14 Å². The summed E-state index contributed by atoms with van der Waals surface area (Å²) >= 11 is 0. The number of alkyl halides is 3. The first-order valence-corrected chi connectivity index (χ1v) is 6.50. The lowest BCUT2D eigenvalue weighted by molar-refractivity contribution is -0.176. The van der Waals surface area contributed by atoms with Gasteiger partial charge in [-0.3, -0.25) is 0 Å². The molecule has 2 N–H and O–H groups in total. The molecule has 0 saturated heterocycles. The van der Waals surface area contributed by atoms with Crippen molar-refractivity contribution in [3.8, 4) is 0 Å². The van der Waals surface area contributed by atoms with Crippen LogP contribution in [0.15, 0.2) is 0 Å². The van der Waals surface area contributed by atoms with Crippen LogP contribution in [0.4, 0.5) is 13.2 Å². The summed E-state index contributed by atoms with van der Waals surface area (Å²) in [4.78, 5) is 0. The van der Waals surface area contributed by atoms with Crippen molar-refractivity contribution in [1.29, 1.82) is 0 Å². The standard InChI is InChI=1S/C8H16F3NO3S/c1-2-3-7(5-16(12,13)14)4-15-6-8(9,10)11/h7H,2-6H2,1H3,(H2,12,13,14). The van der Waals surface area contributed by atoms with Crippen molar-refractivity contribution in [1.82, 2.24) is 0 Å².